The highest BCUT2D eigenvalue weighted by Crippen LogP contribution is 2.11. The maximum atomic E-state index is 5.67. The lowest BCUT2D eigenvalue weighted by atomic mass is 10.1. The molecule has 0 rings (SSSR count). The van der Waals surface area contributed by atoms with Crippen molar-refractivity contribution in [1.82, 2.24) is 0 Å². The first-order chi connectivity index (χ1) is 25.4. The smallest absolute Gasteiger partial charge is 0.0701 e. The second-order valence-electron chi connectivity index (χ2n) is 13.1. The number of hydrogen-bond donors (Lipinski definition) is 0. The van der Waals surface area contributed by atoms with Crippen molar-refractivity contribution in [2.45, 2.75) is 136 Å². The highest BCUT2D eigenvalue weighted by atomic mass is 16.6. The van der Waals surface area contributed by atoms with Crippen molar-refractivity contribution in [3.63, 3.8) is 0 Å². The van der Waals surface area contributed by atoms with Crippen LogP contribution in [0.1, 0.15) is 136 Å². The molecule has 0 aromatic carbocycles. The second-order valence-corrected chi connectivity index (χ2v) is 13.1. The number of hydrogen-bond acceptors (Lipinski definition) is 10. The average molecular weight is 737 g/mol. The Bertz CT molecular complexity index is 539. The maximum absolute atomic E-state index is 5.67. The summed E-state index contributed by atoms with van der Waals surface area (Å²) in [5.41, 5.74) is 0. The molecular formula is C41H84O10. The number of ether oxygens (including phenoxy) is 10. The van der Waals surface area contributed by atoms with Gasteiger partial charge in [0.05, 0.1) is 119 Å². The third-order valence-corrected chi connectivity index (χ3v) is 8.38. The zero-order valence-corrected chi connectivity index (χ0v) is 33.7. The van der Waals surface area contributed by atoms with Crippen LogP contribution in [0.2, 0.25) is 0 Å². The van der Waals surface area contributed by atoms with E-state index < -0.39 is 0 Å². The molecule has 0 aliphatic carbocycles. The van der Waals surface area contributed by atoms with Crippen LogP contribution >= 0.6 is 0 Å². The minimum Gasteiger partial charge on any atom is -0.379 e. The summed E-state index contributed by atoms with van der Waals surface area (Å²) in [6.07, 6.45) is 25.5. The molecule has 0 aromatic heterocycles. The summed E-state index contributed by atoms with van der Waals surface area (Å²) in [5.74, 6) is 0. The van der Waals surface area contributed by atoms with Gasteiger partial charge in [-0.15, -0.1) is 0 Å². The van der Waals surface area contributed by atoms with Crippen LogP contribution < -0.4 is 0 Å². The van der Waals surface area contributed by atoms with Crippen LogP contribution in [-0.4, -0.2) is 132 Å². The fourth-order valence-electron chi connectivity index (χ4n) is 5.29. The molecule has 10 heteroatoms. The molecule has 0 heterocycles. The molecule has 0 amide bonds. The first-order valence-electron chi connectivity index (χ1n) is 21.2. The summed E-state index contributed by atoms with van der Waals surface area (Å²) in [7, 11) is 0. The Morgan fingerprint density at radius 2 is 0.294 bits per heavy atom. The van der Waals surface area contributed by atoms with Crippen LogP contribution in [0.25, 0.3) is 0 Å². The number of rotatable bonds is 48. The second kappa shape index (κ2) is 49.6. The monoisotopic (exact) mass is 737 g/mol. The summed E-state index contributed by atoms with van der Waals surface area (Å²) < 4.78 is 55.6. The Labute approximate surface area is 314 Å². The van der Waals surface area contributed by atoms with Gasteiger partial charge in [-0.1, -0.05) is 123 Å². The zero-order chi connectivity index (χ0) is 36.6. The lowest BCUT2D eigenvalue weighted by Gasteiger charge is -2.09. The van der Waals surface area contributed by atoms with Crippen molar-refractivity contribution in [3.8, 4) is 0 Å². The van der Waals surface area contributed by atoms with Gasteiger partial charge in [0.15, 0.2) is 0 Å². The Balaban J connectivity index is 3.04. The molecule has 0 saturated carbocycles. The molecule has 0 saturated heterocycles. The van der Waals surface area contributed by atoms with Gasteiger partial charge in [0.25, 0.3) is 0 Å². The van der Waals surface area contributed by atoms with Gasteiger partial charge >= 0.3 is 0 Å². The Morgan fingerprint density at radius 3 is 0.471 bits per heavy atom. The van der Waals surface area contributed by atoms with Crippen molar-refractivity contribution < 1.29 is 47.4 Å². The van der Waals surface area contributed by atoms with E-state index in [9.17, 15) is 0 Å². The van der Waals surface area contributed by atoms with E-state index in [0.29, 0.717) is 119 Å². The number of unbranched alkanes of at least 4 members (excludes halogenated alkanes) is 17. The summed E-state index contributed by atoms with van der Waals surface area (Å²) in [6.45, 7) is 16.5. The Hall–Kier alpha value is -0.400. The van der Waals surface area contributed by atoms with Gasteiger partial charge in [0.1, 0.15) is 0 Å². The van der Waals surface area contributed by atoms with Gasteiger partial charge in [0.2, 0.25) is 0 Å². The van der Waals surface area contributed by atoms with Crippen LogP contribution in [0.4, 0.5) is 0 Å². The molecule has 308 valence electrons. The Morgan fingerprint density at radius 1 is 0.157 bits per heavy atom. The fraction of sp³-hybridized carbons (Fsp3) is 1.00. The van der Waals surface area contributed by atoms with E-state index in [1.54, 1.807) is 0 Å². The quantitative estimate of drug-likeness (QED) is 0.0566. The normalized spacial score (nSPS) is 11.6. The summed E-state index contributed by atoms with van der Waals surface area (Å²) in [5, 5.41) is 0. The molecule has 0 atom stereocenters. The molecule has 10 nitrogen and oxygen atoms in total. The SMILES string of the molecule is CCCCCCCCCCCCCOCCOCCOCCOCCOCCOCCOCCOCCOCCOCCCCCCCCCC. The van der Waals surface area contributed by atoms with Crippen molar-refractivity contribution in [1.29, 1.82) is 0 Å². The van der Waals surface area contributed by atoms with Crippen LogP contribution in [0.15, 0.2) is 0 Å². The van der Waals surface area contributed by atoms with Gasteiger partial charge < -0.3 is 47.4 Å². The third-order valence-electron chi connectivity index (χ3n) is 8.38. The van der Waals surface area contributed by atoms with Crippen LogP contribution in [0, 0.1) is 0 Å². The summed E-state index contributed by atoms with van der Waals surface area (Å²) >= 11 is 0. The van der Waals surface area contributed by atoms with E-state index in [1.807, 2.05) is 0 Å². The van der Waals surface area contributed by atoms with Crippen molar-refractivity contribution >= 4 is 0 Å². The van der Waals surface area contributed by atoms with Crippen LogP contribution in [0.5, 0.6) is 0 Å². The summed E-state index contributed by atoms with van der Waals surface area (Å²) in [6, 6.07) is 0. The van der Waals surface area contributed by atoms with E-state index in [2.05, 4.69) is 13.8 Å². The molecule has 0 aliphatic rings. The van der Waals surface area contributed by atoms with Gasteiger partial charge in [0, 0.05) is 13.2 Å². The fourth-order valence-corrected chi connectivity index (χ4v) is 5.29. The first kappa shape index (κ1) is 50.6. The lowest BCUT2D eigenvalue weighted by Crippen LogP contribution is -2.15. The topological polar surface area (TPSA) is 92.3 Å². The highest BCUT2D eigenvalue weighted by molar-refractivity contribution is 4.49. The first-order valence-corrected chi connectivity index (χ1v) is 21.2. The van der Waals surface area contributed by atoms with Gasteiger partial charge in [-0.05, 0) is 12.8 Å². The molecule has 0 unspecified atom stereocenters. The van der Waals surface area contributed by atoms with E-state index >= 15 is 0 Å². The molecule has 0 aromatic rings. The standard InChI is InChI=1S/C41H84O10/c1-3-5-7-9-11-13-14-15-17-19-21-23-43-25-27-45-29-31-47-33-35-49-37-39-51-41-40-50-38-36-48-34-32-46-30-28-44-26-24-42-22-20-18-16-12-10-8-6-4-2/h3-41H2,1-2H3. The molecule has 51 heavy (non-hydrogen) atoms. The van der Waals surface area contributed by atoms with Crippen molar-refractivity contribution in [3.05, 3.63) is 0 Å². The Kier molecular flexibility index (Phi) is 49.2. The molecular weight excluding hydrogens is 652 g/mol. The average Bonchev–Trinajstić information content (AvgIpc) is 3.14. The molecule has 0 fully saturated rings. The minimum atomic E-state index is 0.535. The van der Waals surface area contributed by atoms with Gasteiger partial charge in [-0.25, -0.2) is 0 Å². The molecule has 0 aliphatic heterocycles. The molecule has 0 bridgehead atoms. The van der Waals surface area contributed by atoms with Gasteiger partial charge in [-0.2, -0.15) is 0 Å². The highest BCUT2D eigenvalue weighted by Gasteiger charge is 1.98. The lowest BCUT2D eigenvalue weighted by molar-refractivity contribution is -0.0264. The van der Waals surface area contributed by atoms with Gasteiger partial charge in [-0.3, -0.25) is 0 Å². The maximum Gasteiger partial charge on any atom is 0.0701 e. The van der Waals surface area contributed by atoms with E-state index in [0.717, 1.165) is 26.1 Å². The largest absolute Gasteiger partial charge is 0.379 e. The zero-order valence-electron chi connectivity index (χ0n) is 33.7. The predicted octanol–water partition coefficient (Wildman–Crippen LogP) is 8.60. The van der Waals surface area contributed by atoms with Crippen molar-refractivity contribution in [2.24, 2.45) is 0 Å². The predicted molar refractivity (Wildman–Crippen MR) is 207 cm³/mol. The summed E-state index contributed by atoms with van der Waals surface area (Å²) in [4.78, 5) is 0. The molecule has 0 radical (unpaired) electrons. The molecule has 0 spiro atoms. The van der Waals surface area contributed by atoms with E-state index in [4.69, 9.17) is 47.4 Å². The van der Waals surface area contributed by atoms with E-state index in [1.165, 1.54) is 109 Å². The third kappa shape index (κ3) is 49.6. The van der Waals surface area contributed by atoms with E-state index in [-0.39, 0.29) is 0 Å². The van der Waals surface area contributed by atoms with Crippen molar-refractivity contribution in [2.75, 3.05) is 132 Å². The minimum absolute atomic E-state index is 0.535. The van der Waals surface area contributed by atoms with Crippen LogP contribution in [-0.2, 0) is 47.4 Å². The van der Waals surface area contributed by atoms with Crippen LogP contribution in [0.3, 0.4) is 0 Å². The molecule has 0 N–H and O–H groups in total.